The number of aromatic hydroxyl groups is 1. The summed E-state index contributed by atoms with van der Waals surface area (Å²) in [6, 6.07) is 33.4. The van der Waals surface area contributed by atoms with Crippen LogP contribution >= 0.6 is 0 Å². The summed E-state index contributed by atoms with van der Waals surface area (Å²) in [5.74, 6) is -0.277. The van der Waals surface area contributed by atoms with Gasteiger partial charge in [0.1, 0.15) is 18.0 Å². The van der Waals surface area contributed by atoms with Crippen LogP contribution in [-0.4, -0.2) is 84.4 Å². The number of hydrazine groups is 1. The van der Waals surface area contributed by atoms with Crippen molar-refractivity contribution in [1.29, 1.82) is 0 Å². The van der Waals surface area contributed by atoms with E-state index < -0.39 is 12.2 Å². The van der Waals surface area contributed by atoms with Gasteiger partial charge < -0.3 is 20.2 Å². The summed E-state index contributed by atoms with van der Waals surface area (Å²) in [6.07, 6.45) is 2.28. The second kappa shape index (κ2) is 15.7. The van der Waals surface area contributed by atoms with Crippen molar-refractivity contribution in [2.75, 3.05) is 19.6 Å². The molecule has 2 aliphatic rings. The minimum Gasteiger partial charge on any atom is -0.508 e. The summed E-state index contributed by atoms with van der Waals surface area (Å²) in [4.78, 5) is 46.4. The molecule has 2 saturated heterocycles. The van der Waals surface area contributed by atoms with Crippen LogP contribution in [0.5, 0.6) is 5.75 Å². The average molecular weight is 700 g/mol. The van der Waals surface area contributed by atoms with E-state index in [1.807, 2.05) is 82.5 Å². The Labute approximate surface area is 304 Å². The summed E-state index contributed by atoms with van der Waals surface area (Å²) < 4.78 is 1.97. The number of hydrogen-bond donors (Lipinski definition) is 2. The van der Waals surface area contributed by atoms with E-state index in [1.165, 1.54) is 0 Å². The lowest BCUT2D eigenvalue weighted by molar-refractivity contribution is -0.191. The zero-order chi connectivity index (χ0) is 36.0. The van der Waals surface area contributed by atoms with Crippen LogP contribution in [-0.2, 0) is 35.6 Å². The van der Waals surface area contributed by atoms with Crippen LogP contribution < -0.4 is 5.32 Å². The molecule has 5 aromatic rings. The van der Waals surface area contributed by atoms with Crippen LogP contribution in [0.4, 0.5) is 4.79 Å². The van der Waals surface area contributed by atoms with Crippen LogP contribution in [0, 0.1) is 0 Å². The van der Waals surface area contributed by atoms with Gasteiger partial charge in [0.2, 0.25) is 11.8 Å². The number of phenolic OH excluding ortho intramolecular Hbond substituents is 1. The van der Waals surface area contributed by atoms with Crippen LogP contribution in [0.15, 0.2) is 109 Å². The second-order valence-corrected chi connectivity index (χ2v) is 13.6. The molecule has 2 atom stereocenters. The molecule has 52 heavy (non-hydrogen) atoms. The third-order valence-corrected chi connectivity index (χ3v) is 9.96. The fourth-order valence-corrected chi connectivity index (χ4v) is 7.35. The van der Waals surface area contributed by atoms with E-state index in [0.717, 1.165) is 52.5 Å². The summed E-state index contributed by atoms with van der Waals surface area (Å²) in [7, 11) is 0. The van der Waals surface area contributed by atoms with Gasteiger partial charge in [-0.25, -0.2) is 14.8 Å². The highest BCUT2D eigenvalue weighted by atomic mass is 16.3. The van der Waals surface area contributed by atoms with Crippen molar-refractivity contribution in [2.45, 2.75) is 64.4 Å². The number of carbonyl (C=O) groups is 3. The van der Waals surface area contributed by atoms with Gasteiger partial charge in [-0.3, -0.25) is 14.3 Å². The summed E-state index contributed by atoms with van der Waals surface area (Å²) >= 11 is 0. The highest BCUT2D eigenvalue weighted by Gasteiger charge is 2.51. The average Bonchev–Trinajstić information content (AvgIpc) is 3.50. The van der Waals surface area contributed by atoms with E-state index in [2.05, 4.69) is 24.4 Å². The quantitative estimate of drug-likeness (QED) is 0.166. The lowest BCUT2D eigenvalue weighted by Gasteiger charge is -2.55. The number of phenols is 1. The highest BCUT2D eigenvalue weighted by Crippen LogP contribution is 2.31. The van der Waals surface area contributed by atoms with Gasteiger partial charge in [0.05, 0.1) is 37.4 Å². The second-order valence-electron chi connectivity index (χ2n) is 13.6. The van der Waals surface area contributed by atoms with Crippen LogP contribution in [0.3, 0.4) is 0 Å². The van der Waals surface area contributed by atoms with Gasteiger partial charge in [-0.1, -0.05) is 111 Å². The molecule has 268 valence electrons. The van der Waals surface area contributed by atoms with Gasteiger partial charge in [0.15, 0.2) is 0 Å². The maximum atomic E-state index is 14.6. The summed E-state index contributed by atoms with van der Waals surface area (Å²) in [6.45, 7) is 3.88. The van der Waals surface area contributed by atoms with Crippen molar-refractivity contribution in [3.63, 3.8) is 0 Å². The number of benzene rings is 4. The number of para-hydroxylation sites is 1. The zero-order valence-electron chi connectivity index (χ0n) is 29.5. The Morgan fingerprint density at radius 1 is 0.827 bits per heavy atom. The molecule has 0 bridgehead atoms. The van der Waals surface area contributed by atoms with Gasteiger partial charge in [0, 0.05) is 24.9 Å². The third kappa shape index (κ3) is 7.50. The summed E-state index contributed by atoms with van der Waals surface area (Å²) in [5.41, 5.74) is 4.58. The Morgan fingerprint density at radius 2 is 1.52 bits per heavy atom. The van der Waals surface area contributed by atoms with Gasteiger partial charge in [-0.15, -0.1) is 0 Å². The molecule has 4 aromatic carbocycles. The monoisotopic (exact) mass is 699 g/mol. The van der Waals surface area contributed by atoms with Crippen molar-refractivity contribution in [1.82, 2.24) is 34.9 Å². The van der Waals surface area contributed by atoms with Crippen molar-refractivity contribution in [2.24, 2.45) is 0 Å². The lowest BCUT2D eigenvalue weighted by Crippen LogP contribution is -2.76. The van der Waals surface area contributed by atoms with Gasteiger partial charge in [-0.2, -0.15) is 5.10 Å². The molecule has 11 heteroatoms. The number of nitrogens with zero attached hydrogens (tertiary/aromatic N) is 6. The molecule has 2 unspecified atom stereocenters. The number of piperazine rings is 1. The molecule has 4 amide bonds. The Hall–Kier alpha value is -5.68. The maximum absolute atomic E-state index is 14.6. The van der Waals surface area contributed by atoms with Crippen LogP contribution in [0.2, 0.25) is 0 Å². The summed E-state index contributed by atoms with van der Waals surface area (Å²) in [5, 5.41) is 22.6. The highest BCUT2D eigenvalue weighted by molar-refractivity contribution is 5.92. The Balaban J connectivity index is 1.25. The minimum absolute atomic E-state index is 0.00708. The van der Waals surface area contributed by atoms with Crippen LogP contribution in [0.1, 0.15) is 48.6 Å². The number of urea groups is 1. The Bertz CT molecular complexity index is 2000. The molecule has 1 aromatic heterocycles. The molecule has 2 N–H and O–H groups in total. The smallest absolute Gasteiger partial charge is 0.334 e. The van der Waals surface area contributed by atoms with Crippen molar-refractivity contribution in [3.05, 3.63) is 132 Å². The van der Waals surface area contributed by atoms with E-state index in [-0.39, 0.29) is 49.7 Å². The molecule has 0 spiro atoms. The Kier molecular flexibility index (Phi) is 10.5. The first-order chi connectivity index (χ1) is 25.4. The predicted octanol–water partition coefficient (Wildman–Crippen LogP) is 5.53. The van der Waals surface area contributed by atoms with Gasteiger partial charge in [0.25, 0.3) is 0 Å². The maximum Gasteiger partial charge on any atom is 0.334 e. The topological polar surface area (TPSA) is 114 Å². The van der Waals surface area contributed by atoms with Gasteiger partial charge in [-0.05, 0) is 41.3 Å². The zero-order valence-corrected chi connectivity index (χ0v) is 29.5. The van der Waals surface area contributed by atoms with E-state index in [0.29, 0.717) is 19.6 Å². The SMILES string of the molecule is CCCCCN1CC(=O)N2C(Cc3ccc(O)cc3)C(=O)N(Cc3nn(Cc4ccccc4)c4ccccc34)CC2N1C(=O)NCc1ccccc1. The number of unbranched alkanes of at least 4 members (excludes halogenated alkanes) is 2. The molecular formula is C41H45N7O4. The molecule has 2 aliphatic heterocycles. The fourth-order valence-electron chi connectivity index (χ4n) is 7.35. The molecule has 0 aliphatic carbocycles. The lowest BCUT2D eigenvalue weighted by atomic mass is 9.98. The van der Waals surface area contributed by atoms with Gasteiger partial charge >= 0.3 is 6.03 Å². The first kappa shape index (κ1) is 34.8. The third-order valence-electron chi connectivity index (χ3n) is 9.96. The molecule has 7 rings (SSSR count). The van der Waals surface area contributed by atoms with Crippen molar-refractivity contribution < 1.29 is 19.5 Å². The van der Waals surface area contributed by atoms with Crippen LogP contribution in [0.25, 0.3) is 10.9 Å². The van der Waals surface area contributed by atoms with E-state index >= 15 is 0 Å². The number of fused-ring (bicyclic) bond motifs is 2. The number of hydrogen-bond acceptors (Lipinski definition) is 6. The molecule has 3 heterocycles. The fraction of sp³-hybridized carbons (Fsp3) is 0.317. The largest absolute Gasteiger partial charge is 0.508 e. The normalized spacial score (nSPS) is 17.8. The number of rotatable bonds is 12. The number of nitrogens with one attached hydrogen (secondary N) is 1. The van der Waals surface area contributed by atoms with Crippen molar-refractivity contribution in [3.8, 4) is 5.75 Å². The predicted molar refractivity (Wildman–Crippen MR) is 199 cm³/mol. The molecule has 2 fully saturated rings. The van der Waals surface area contributed by atoms with Crippen molar-refractivity contribution >= 4 is 28.7 Å². The minimum atomic E-state index is -0.865. The molecule has 0 saturated carbocycles. The molecule has 11 nitrogen and oxygen atoms in total. The van der Waals surface area contributed by atoms with E-state index in [1.54, 1.807) is 39.1 Å². The Morgan fingerprint density at radius 3 is 2.25 bits per heavy atom. The molecule has 0 radical (unpaired) electrons. The molecular weight excluding hydrogens is 654 g/mol. The van der Waals surface area contributed by atoms with E-state index in [4.69, 9.17) is 5.10 Å². The van der Waals surface area contributed by atoms with E-state index in [9.17, 15) is 19.5 Å². The first-order valence-electron chi connectivity index (χ1n) is 18.1. The first-order valence-corrected chi connectivity index (χ1v) is 18.1. The standard InChI is InChI=1S/C41H45N7O4/c1-2-3-12-23-45-29-39(50)47-37(24-30-19-21-33(49)22-20-30)40(51)44(28-38(47)48(45)41(52)42-25-31-13-6-4-7-14-31)27-35-34-17-10-11-18-36(34)46(43-35)26-32-15-8-5-9-16-32/h4-11,13-22,37-38,49H,2-3,12,23-29H2,1H3,(H,42,52). The number of amides is 4. The number of carbonyl (C=O) groups excluding carboxylic acids is 3. The number of aromatic nitrogens is 2.